The minimum atomic E-state index is -0.552. The topological polar surface area (TPSA) is 98.7 Å². The van der Waals surface area contributed by atoms with Crippen molar-refractivity contribution < 1.29 is 4.79 Å². The van der Waals surface area contributed by atoms with E-state index in [4.69, 9.17) is 5.73 Å². The van der Waals surface area contributed by atoms with Gasteiger partial charge in [-0.15, -0.1) is 10.2 Å². The van der Waals surface area contributed by atoms with Crippen molar-refractivity contribution >= 4 is 5.91 Å². The molecule has 7 nitrogen and oxygen atoms in total. The highest BCUT2D eigenvalue weighted by molar-refractivity contribution is 5.80. The van der Waals surface area contributed by atoms with Crippen LogP contribution in [-0.4, -0.2) is 38.2 Å². The van der Waals surface area contributed by atoms with E-state index in [1.54, 1.807) is 6.92 Å². The van der Waals surface area contributed by atoms with Gasteiger partial charge in [-0.2, -0.15) is 4.80 Å². The van der Waals surface area contributed by atoms with Crippen LogP contribution < -0.4 is 11.1 Å². The van der Waals surface area contributed by atoms with Gasteiger partial charge in [0.1, 0.15) is 6.04 Å². The van der Waals surface area contributed by atoms with Crippen molar-refractivity contribution in [3.8, 4) is 11.4 Å². The van der Waals surface area contributed by atoms with Crippen LogP contribution in [0.4, 0.5) is 0 Å². The van der Waals surface area contributed by atoms with E-state index in [0.29, 0.717) is 12.4 Å². The van der Waals surface area contributed by atoms with Gasteiger partial charge in [0.15, 0.2) is 0 Å². The van der Waals surface area contributed by atoms with Gasteiger partial charge in [-0.3, -0.25) is 4.79 Å². The molecule has 1 unspecified atom stereocenters. The van der Waals surface area contributed by atoms with Crippen LogP contribution in [0.15, 0.2) is 30.3 Å². The molecule has 7 heteroatoms. The lowest BCUT2D eigenvalue weighted by molar-refractivity contribution is -0.126. The summed E-state index contributed by atoms with van der Waals surface area (Å²) < 4.78 is 0. The number of nitrogens with zero attached hydrogens (tertiary/aromatic N) is 4. The summed E-state index contributed by atoms with van der Waals surface area (Å²) in [5.41, 5.74) is 6.32. The monoisotopic (exact) mass is 316 g/mol. The Morgan fingerprint density at radius 3 is 2.52 bits per heavy atom. The Morgan fingerprint density at radius 2 is 1.96 bits per heavy atom. The van der Waals surface area contributed by atoms with Crippen LogP contribution in [0.5, 0.6) is 0 Å². The van der Waals surface area contributed by atoms with Crippen LogP contribution in [0.2, 0.25) is 0 Å². The van der Waals surface area contributed by atoms with Crippen LogP contribution in [0, 0.1) is 0 Å². The van der Waals surface area contributed by atoms with Gasteiger partial charge < -0.3 is 11.1 Å². The molecule has 2 aromatic rings. The second kappa shape index (κ2) is 7.32. The van der Waals surface area contributed by atoms with Crippen molar-refractivity contribution in [1.29, 1.82) is 0 Å². The molecule has 124 valence electrons. The van der Waals surface area contributed by atoms with Gasteiger partial charge in [0.2, 0.25) is 11.7 Å². The summed E-state index contributed by atoms with van der Waals surface area (Å²) in [6.45, 7) is 6.18. The summed E-state index contributed by atoms with van der Waals surface area (Å²) in [7, 11) is 0. The molecule has 1 aromatic carbocycles. The predicted molar refractivity (Wildman–Crippen MR) is 88.5 cm³/mol. The number of hydrogen-bond donors (Lipinski definition) is 2. The normalized spacial score (nSPS) is 12.9. The maximum atomic E-state index is 12.5. The molecular weight excluding hydrogens is 292 g/mol. The summed E-state index contributed by atoms with van der Waals surface area (Å²) in [4.78, 5) is 13.8. The average Bonchev–Trinajstić information content (AvgIpc) is 3.10. The van der Waals surface area contributed by atoms with Gasteiger partial charge in [-0.25, -0.2) is 0 Å². The molecule has 0 aliphatic carbocycles. The maximum absolute atomic E-state index is 12.5. The quantitative estimate of drug-likeness (QED) is 0.807. The third-order valence-corrected chi connectivity index (χ3v) is 4.32. The number of tetrazole rings is 1. The van der Waals surface area contributed by atoms with Gasteiger partial charge in [0, 0.05) is 12.1 Å². The molecule has 0 fully saturated rings. The van der Waals surface area contributed by atoms with E-state index in [2.05, 4.69) is 20.7 Å². The standard InChI is InChI=1S/C16H24N6O/c1-4-16(5-2,11-17)18-15(23)12(3)22-20-14(19-21-22)13-9-7-6-8-10-13/h6-10,12H,4-5,11,17H2,1-3H3,(H,18,23). The Hall–Kier alpha value is -2.28. The fraction of sp³-hybridized carbons (Fsp3) is 0.500. The van der Waals surface area contributed by atoms with Crippen molar-refractivity contribution in [3.05, 3.63) is 30.3 Å². The summed E-state index contributed by atoms with van der Waals surface area (Å²) in [5.74, 6) is 0.345. The molecule has 0 saturated heterocycles. The molecule has 0 bridgehead atoms. The highest BCUT2D eigenvalue weighted by atomic mass is 16.2. The molecule has 0 spiro atoms. The van der Waals surface area contributed by atoms with E-state index >= 15 is 0 Å². The van der Waals surface area contributed by atoms with E-state index < -0.39 is 6.04 Å². The molecule has 2 rings (SSSR count). The van der Waals surface area contributed by atoms with Crippen molar-refractivity contribution in [2.24, 2.45) is 5.73 Å². The predicted octanol–water partition coefficient (Wildman–Crippen LogP) is 1.53. The number of rotatable bonds is 7. The zero-order valence-electron chi connectivity index (χ0n) is 13.9. The second-order valence-electron chi connectivity index (χ2n) is 5.66. The molecule has 0 saturated carbocycles. The van der Waals surface area contributed by atoms with Gasteiger partial charge >= 0.3 is 0 Å². The molecule has 3 N–H and O–H groups in total. The van der Waals surface area contributed by atoms with Crippen molar-refractivity contribution in [1.82, 2.24) is 25.5 Å². The molecule has 1 amide bonds. The fourth-order valence-electron chi connectivity index (χ4n) is 2.33. The number of hydrogen-bond acceptors (Lipinski definition) is 5. The third kappa shape index (κ3) is 3.73. The number of benzene rings is 1. The van der Waals surface area contributed by atoms with E-state index in [9.17, 15) is 4.79 Å². The first-order valence-electron chi connectivity index (χ1n) is 7.92. The lowest BCUT2D eigenvalue weighted by atomic mass is 9.92. The molecule has 0 aliphatic heterocycles. The Kier molecular flexibility index (Phi) is 5.44. The Labute approximate surface area is 136 Å². The lowest BCUT2D eigenvalue weighted by Crippen LogP contribution is -2.54. The van der Waals surface area contributed by atoms with Crippen molar-refractivity contribution in [3.63, 3.8) is 0 Å². The van der Waals surface area contributed by atoms with Crippen molar-refractivity contribution in [2.45, 2.75) is 45.2 Å². The number of nitrogens with one attached hydrogen (secondary N) is 1. The zero-order chi connectivity index (χ0) is 16.9. The second-order valence-corrected chi connectivity index (χ2v) is 5.66. The molecule has 0 radical (unpaired) electrons. The first-order chi connectivity index (χ1) is 11.0. The number of amides is 1. The number of carbonyl (C=O) groups is 1. The van der Waals surface area contributed by atoms with E-state index in [-0.39, 0.29) is 11.4 Å². The SMILES string of the molecule is CCC(CC)(CN)NC(=O)C(C)n1nnc(-c2ccccc2)n1. The highest BCUT2D eigenvalue weighted by Crippen LogP contribution is 2.16. The van der Waals surface area contributed by atoms with Crippen LogP contribution in [0.1, 0.15) is 39.7 Å². The summed E-state index contributed by atoms with van der Waals surface area (Å²) >= 11 is 0. The lowest BCUT2D eigenvalue weighted by Gasteiger charge is -2.32. The van der Waals surface area contributed by atoms with E-state index in [0.717, 1.165) is 18.4 Å². The van der Waals surface area contributed by atoms with Gasteiger partial charge in [0.25, 0.3) is 0 Å². The number of carbonyl (C=O) groups excluding carboxylic acids is 1. The molecule has 23 heavy (non-hydrogen) atoms. The zero-order valence-corrected chi connectivity index (χ0v) is 13.9. The third-order valence-electron chi connectivity index (χ3n) is 4.32. The molecular formula is C16H24N6O. The van der Waals surface area contributed by atoms with Gasteiger partial charge in [-0.1, -0.05) is 44.2 Å². The van der Waals surface area contributed by atoms with Crippen LogP contribution in [0.25, 0.3) is 11.4 Å². The number of nitrogens with two attached hydrogens (primary N) is 1. The molecule has 0 aliphatic rings. The van der Waals surface area contributed by atoms with Crippen molar-refractivity contribution in [2.75, 3.05) is 6.54 Å². The Morgan fingerprint density at radius 1 is 1.30 bits per heavy atom. The van der Waals surface area contributed by atoms with E-state index in [1.165, 1.54) is 4.80 Å². The molecule has 1 aromatic heterocycles. The maximum Gasteiger partial charge on any atom is 0.246 e. The number of aromatic nitrogens is 4. The Balaban J connectivity index is 2.13. The summed E-state index contributed by atoms with van der Waals surface area (Å²) in [6.07, 6.45) is 1.55. The first-order valence-corrected chi connectivity index (χ1v) is 7.92. The molecule has 1 heterocycles. The van der Waals surface area contributed by atoms with Crippen LogP contribution in [0.3, 0.4) is 0 Å². The largest absolute Gasteiger partial charge is 0.348 e. The van der Waals surface area contributed by atoms with E-state index in [1.807, 2.05) is 44.2 Å². The summed E-state index contributed by atoms with van der Waals surface area (Å²) in [6, 6.07) is 8.99. The minimum Gasteiger partial charge on any atom is -0.348 e. The summed E-state index contributed by atoms with van der Waals surface area (Å²) in [5, 5.41) is 15.4. The smallest absolute Gasteiger partial charge is 0.246 e. The first kappa shape index (κ1) is 17.1. The Bertz CT molecular complexity index is 627. The molecule has 1 atom stereocenters. The highest BCUT2D eigenvalue weighted by Gasteiger charge is 2.29. The minimum absolute atomic E-state index is 0.156. The van der Waals surface area contributed by atoms with Crippen LogP contribution in [-0.2, 0) is 4.79 Å². The average molecular weight is 316 g/mol. The van der Waals surface area contributed by atoms with Gasteiger partial charge in [-0.05, 0) is 25.0 Å². The van der Waals surface area contributed by atoms with Gasteiger partial charge in [0.05, 0.1) is 5.54 Å². The fourth-order valence-corrected chi connectivity index (χ4v) is 2.33. The van der Waals surface area contributed by atoms with Crippen LogP contribution >= 0.6 is 0 Å².